The number of carbonyl (C=O) groups excluding carboxylic acids is 2. The van der Waals surface area contributed by atoms with Gasteiger partial charge < -0.3 is 20.3 Å². The van der Waals surface area contributed by atoms with Crippen molar-refractivity contribution in [3.05, 3.63) is 0 Å². The van der Waals surface area contributed by atoms with Gasteiger partial charge >= 0.3 is 11.8 Å². The lowest BCUT2D eigenvalue weighted by Crippen LogP contribution is -2.64. The van der Waals surface area contributed by atoms with Gasteiger partial charge in [0.1, 0.15) is 0 Å². The zero-order chi connectivity index (χ0) is 14.8. The van der Waals surface area contributed by atoms with Crippen LogP contribution >= 0.6 is 0 Å². The molecule has 2 atom stereocenters. The highest BCUT2D eigenvalue weighted by Gasteiger charge is 2.50. The van der Waals surface area contributed by atoms with Crippen molar-refractivity contribution in [3.8, 4) is 0 Å². The summed E-state index contributed by atoms with van der Waals surface area (Å²) in [7, 11) is 0. The summed E-state index contributed by atoms with van der Waals surface area (Å²) in [6.45, 7) is 9.48. The van der Waals surface area contributed by atoms with Gasteiger partial charge in [0.2, 0.25) is 0 Å². The molecule has 2 N–H and O–H groups in total. The summed E-state index contributed by atoms with van der Waals surface area (Å²) in [5.74, 6) is -0.901. The molecule has 1 heterocycles. The largest absolute Gasteiger partial charge is 0.378 e. The lowest BCUT2D eigenvalue weighted by Gasteiger charge is -2.51. The van der Waals surface area contributed by atoms with Crippen LogP contribution in [0, 0.1) is 5.41 Å². The van der Waals surface area contributed by atoms with E-state index in [1.165, 1.54) is 0 Å². The molecule has 0 radical (unpaired) electrons. The van der Waals surface area contributed by atoms with Crippen LogP contribution in [0.5, 0.6) is 0 Å². The van der Waals surface area contributed by atoms with Crippen molar-refractivity contribution in [2.75, 3.05) is 32.8 Å². The third-order valence-corrected chi connectivity index (χ3v) is 4.45. The van der Waals surface area contributed by atoms with E-state index in [1.807, 2.05) is 6.92 Å². The van der Waals surface area contributed by atoms with Crippen LogP contribution in [0.2, 0.25) is 0 Å². The maximum absolute atomic E-state index is 12.0. The number of hydrogen-bond acceptors (Lipinski definition) is 4. The van der Waals surface area contributed by atoms with E-state index in [-0.39, 0.29) is 17.6 Å². The van der Waals surface area contributed by atoms with Gasteiger partial charge in [-0.3, -0.25) is 9.59 Å². The smallest absolute Gasteiger partial charge is 0.311 e. The van der Waals surface area contributed by atoms with Crippen LogP contribution in [0.15, 0.2) is 0 Å². The molecule has 0 aromatic carbocycles. The molecule has 114 valence electrons. The maximum atomic E-state index is 12.0. The lowest BCUT2D eigenvalue weighted by atomic mass is 9.64. The number of ether oxygens (including phenoxy) is 1. The second-order valence-electron chi connectivity index (χ2n) is 6.07. The van der Waals surface area contributed by atoms with Crippen molar-refractivity contribution in [2.45, 2.75) is 39.3 Å². The molecule has 0 aromatic heterocycles. The molecule has 1 saturated heterocycles. The van der Waals surface area contributed by atoms with Crippen molar-refractivity contribution in [2.24, 2.45) is 5.41 Å². The highest BCUT2D eigenvalue weighted by molar-refractivity contribution is 6.35. The monoisotopic (exact) mass is 283 g/mol. The van der Waals surface area contributed by atoms with Gasteiger partial charge in [-0.1, -0.05) is 13.8 Å². The molecule has 0 aromatic rings. The molecule has 2 rings (SSSR count). The molecule has 6 nitrogen and oxygen atoms in total. The standard InChI is InChI=1S/C14H25N3O3/c1-4-20-11-9-10(14(11,2)3)16-12(18)13(19)17-7-5-15-6-8-17/h10-11,15H,4-9H2,1-3H3,(H,16,18). The molecule has 2 fully saturated rings. The first kappa shape index (κ1) is 15.3. The van der Waals surface area contributed by atoms with E-state index in [0.717, 1.165) is 19.5 Å². The Bertz CT molecular complexity index is 378. The molecule has 0 bridgehead atoms. The summed E-state index contributed by atoms with van der Waals surface area (Å²) >= 11 is 0. The number of nitrogens with one attached hydrogen (secondary N) is 2. The molecule has 1 saturated carbocycles. The van der Waals surface area contributed by atoms with E-state index >= 15 is 0 Å². The molecule has 2 unspecified atom stereocenters. The Morgan fingerprint density at radius 3 is 2.55 bits per heavy atom. The molecule has 1 aliphatic heterocycles. The number of amides is 2. The normalized spacial score (nSPS) is 28.6. The van der Waals surface area contributed by atoms with Gasteiger partial charge in [-0.15, -0.1) is 0 Å². The molecular weight excluding hydrogens is 258 g/mol. The maximum Gasteiger partial charge on any atom is 0.311 e. The molecule has 20 heavy (non-hydrogen) atoms. The fourth-order valence-electron chi connectivity index (χ4n) is 2.85. The lowest BCUT2D eigenvalue weighted by molar-refractivity contribution is -0.152. The van der Waals surface area contributed by atoms with Gasteiger partial charge in [-0.2, -0.15) is 0 Å². The number of piperazine rings is 1. The van der Waals surface area contributed by atoms with E-state index < -0.39 is 11.8 Å². The minimum absolute atomic E-state index is 0.0124. The van der Waals surface area contributed by atoms with Gasteiger partial charge in [0.25, 0.3) is 0 Å². The first-order valence-corrected chi connectivity index (χ1v) is 7.39. The van der Waals surface area contributed by atoms with E-state index in [2.05, 4.69) is 24.5 Å². The first-order chi connectivity index (χ1) is 9.46. The van der Waals surface area contributed by atoms with Crippen LogP contribution in [0.4, 0.5) is 0 Å². The molecule has 6 heteroatoms. The Hall–Kier alpha value is -1.14. The fourth-order valence-corrected chi connectivity index (χ4v) is 2.85. The molecule has 2 aliphatic rings. The Morgan fingerprint density at radius 1 is 1.35 bits per heavy atom. The van der Waals surface area contributed by atoms with Gasteiger partial charge in [0, 0.05) is 44.2 Å². The second-order valence-corrected chi connectivity index (χ2v) is 6.07. The summed E-state index contributed by atoms with van der Waals surface area (Å²) in [6, 6.07) is 0.0124. The molecule has 0 spiro atoms. The summed E-state index contributed by atoms with van der Waals surface area (Å²) in [4.78, 5) is 25.7. The predicted octanol–water partition coefficient (Wildman–Crippen LogP) is -0.262. The van der Waals surface area contributed by atoms with Crippen LogP contribution in [0.3, 0.4) is 0 Å². The Balaban J connectivity index is 1.84. The van der Waals surface area contributed by atoms with E-state index in [1.54, 1.807) is 4.90 Å². The minimum Gasteiger partial charge on any atom is -0.378 e. The van der Waals surface area contributed by atoms with Gasteiger partial charge in [-0.25, -0.2) is 0 Å². The van der Waals surface area contributed by atoms with Crippen LogP contribution in [-0.4, -0.2) is 61.6 Å². The zero-order valence-electron chi connectivity index (χ0n) is 12.6. The van der Waals surface area contributed by atoms with Crippen molar-refractivity contribution in [1.82, 2.24) is 15.5 Å². The van der Waals surface area contributed by atoms with Crippen LogP contribution in [0.1, 0.15) is 27.2 Å². The fraction of sp³-hybridized carbons (Fsp3) is 0.857. The van der Waals surface area contributed by atoms with Crippen LogP contribution in [0.25, 0.3) is 0 Å². The molecule has 2 amide bonds. The van der Waals surface area contributed by atoms with Crippen molar-refractivity contribution in [1.29, 1.82) is 0 Å². The zero-order valence-corrected chi connectivity index (χ0v) is 12.6. The topological polar surface area (TPSA) is 70.7 Å². The third kappa shape index (κ3) is 2.96. The average molecular weight is 283 g/mol. The van der Waals surface area contributed by atoms with Crippen molar-refractivity contribution < 1.29 is 14.3 Å². The molecule has 1 aliphatic carbocycles. The van der Waals surface area contributed by atoms with Crippen LogP contribution in [-0.2, 0) is 14.3 Å². The average Bonchev–Trinajstić information content (AvgIpc) is 2.46. The van der Waals surface area contributed by atoms with Gasteiger partial charge in [-0.05, 0) is 13.3 Å². The highest BCUT2D eigenvalue weighted by atomic mass is 16.5. The Labute approximate surface area is 120 Å². The van der Waals surface area contributed by atoms with Crippen LogP contribution < -0.4 is 10.6 Å². The quantitative estimate of drug-likeness (QED) is 0.700. The summed E-state index contributed by atoms with van der Waals surface area (Å²) in [5, 5.41) is 6.02. The number of nitrogens with zero attached hydrogens (tertiary/aromatic N) is 1. The van der Waals surface area contributed by atoms with Crippen molar-refractivity contribution in [3.63, 3.8) is 0 Å². The van der Waals surface area contributed by atoms with E-state index in [0.29, 0.717) is 19.7 Å². The van der Waals surface area contributed by atoms with E-state index in [4.69, 9.17) is 4.74 Å². The number of rotatable bonds is 3. The first-order valence-electron chi connectivity index (χ1n) is 7.39. The van der Waals surface area contributed by atoms with E-state index in [9.17, 15) is 9.59 Å². The highest BCUT2D eigenvalue weighted by Crippen LogP contribution is 2.42. The minimum atomic E-state index is -0.486. The number of carbonyl (C=O) groups is 2. The van der Waals surface area contributed by atoms with Gasteiger partial charge in [0.05, 0.1) is 6.10 Å². The summed E-state index contributed by atoms with van der Waals surface area (Å²) in [5.41, 5.74) is -0.116. The Morgan fingerprint density at radius 2 is 2.00 bits per heavy atom. The summed E-state index contributed by atoms with van der Waals surface area (Å²) < 4.78 is 5.63. The van der Waals surface area contributed by atoms with Crippen molar-refractivity contribution >= 4 is 11.8 Å². The predicted molar refractivity (Wildman–Crippen MR) is 75.2 cm³/mol. The third-order valence-electron chi connectivity index (χ3n) is 4.45. The SMILES string of the molecule is CCOC1CC(NC(=O)C(=O)N2CCNCC2)C1(C)C. The number of hydrogen-bond donors (Lipinski definition) is 2. The second kappa shape index (κ2) is 6.10. The Kier molecular flexibility index (Phi) is 4.65. The van der Waals surface area contributed by atoms with Gasteiger partial charge in [0.15, 0.2) is 0 Å². The summed E-state index contributed by atoms with van der Waals surface area (Å²) in [6.07, 6.45) is 0.939. The molecular formula is C14H25N3O3.